The third-order valence-corrected chi connectivity index (χ3v) is 4.40. The Kier molecular flexibility index (Phi) is 7.00. The fraction of sp³-hybridized carbons (Fsp3) is 0.263. The van der Waals surface area contributed by atoms with Gasteiger partial charge in [-0.1, -0.05) is 0 Å². The zero-order valence-corrected chi connectivity index (χ0v) is 16.8. The molecule has 0 bridgehead atoms. The zero-order chi connectivity index (χ0) is 20.7. The van der Waals surface area contributed by atoms with Gasteiger partial charge in [-0.15, -0.1) is 0 Å². The predicted molar refractivity (Wildman–Crippen MR) is 110 cm³/mol. The van der Waals surface area contributed by atoms with Crippen LogP contribution in [0, 0.1) is 0 Å². The molecule has 3 N–H and O–H groups in total. The minimum Gasteiger partial charge on any atom is -0.378 e. The number of anilines is 2. The molecule has 8 nitrogen and oxygen atoms in total. The first-order valence-electron chi connectivity index (χ1n) is 8.57. The van der Waals surface area contributed by atoms with Crippen molar-refractivity contribution in [1.29, 1.82) is 0 Å². The summed E-state index contributed by atoms with van der Waals surface area (Å²) in [4.78, 5) is 26.1. The van der Waals surface area contributed by atoms with Gasteiger partial charge in [0.1, 0.15) is 0 Å². The van der Waals surface area contributed by atoms with Crippen molar-refractivity contribution >= 4 is 33.2 Å². The Hall–Kier alpha value is -3.07. The molecule has 0 spiro atoms. The van der Waals surface area contributed by atoms with Crippen LogP contribution in [0.1, 0.15) is 20.7 Å². The van der Waals surface area contributed by atoms with Crippen molar-refractivity contribution in [3.63, 3.8) is 0 Å². The maximum absolute atomic E-state index is 12.1. The molecule has 0 heterocycles. The van der Waals surface area contributed by atoms with Crippen molar-refractivity contribution in [2.45, 2.75) is 0 Å². The van der Waals surface area contributed by atoms with Crippen LogP contribution in [0.4, 0.5) is 11.4 Å². The van der Waals surface area contributed by atoms with Gasteiger partial charge < -0.3 is 15.5 Å². The lowest BCUT2D eigenvalue weighted by molar-refractivity contribution is 0.0927. The number of nitrogens with one attached hydrogen (secondary N) is 3. The molecule has 2 amide bonds. The SMILES string of the molecule is CN(C)c1ccc(C(=O)NCCNC(=O)c2ccc(NS(C)(=O)=O)cc2)cc1. The fourth-order valence-corrected chi connectivity index (χ4v) is 2.94. The van der Waals surface area contributed by atoms with Gasteiger partial charge in [-0.05, 0) is 48.5 Å². The number of hydrogen-bond donors (Lipinski definition) is 3. The number of rotatable bonds is 8. The van der Waals surface area contributed by atoms with Crippen LogP contribution in [0.15, 0.2) is 48.5 Å². The normalized spacial score (nSPS) is 10.8. The van der Waals surface area contributed by atoms with E-state index in [9.17, 15) is 18.0 Å². The van der Waals surface area contributed by atoms with E-state index in [0.717, 1.165) is 11.9 Å². The van der Waals surface area contributed by atoms with E-state index in [4.69, 9.17) is 0 Å². The minimum absolute atomic E-state index is 0.212. The van der Waals surface area contributed by atoms with Crippen LogP contribution >= 0.6 is 0 Å². The predicted octanol–water partition coefficient (Wildman–Crippen LogP) is 1.28. The maximum atomic E-state index is 12.1. The smallest absolute Gasteiger partial charge is 0.251 e. The monoisotopic (exact) mass is 404 g/mol. The number of hydrogen-bond acceptors (Lipinski definition) is 5. The highest BCUT2D eigenvalue weighted by molar-refractivity contribution is 7.92. The van der Waals surface area contributed by atoms with Crippen LogP contribution in [0.5, 0.6) is 0 Å². The molecule has 0 fully saturated rings. The average molecular weight is 404 g/mol. The van der Waals surface area contributed by atoms with Crippen molar-refractivity contribution in [1.82, 2.24) is 10.6 Å². The van der Waals surface area contributed by atoms with Gasteiger partial charge in [-0.3, -0.25) is 14.3 Å². The molecule has 0 aliphatic rings. The Labute approximate surface area is 165 Å². The first-order valence-corrected chi connectivity index (χ1v) is 10.5. The molecule has 0 aliphatic heterocycles. The van der Waals surface area contributed by atoms with E-state index >= 15 is 0 Å². The molecular weight excluding hydrogens is 380 g/mol. The summed E-state index contributed by atoms with van der Waals surface area (Å²) in [6.45, 7) is 0.553. The topological polar surface area (TPSA) is 108 Å². The van der Waals surface area contributed by atoms with Gasteiger partial charge in [-0.2, -0.15) is 0 Å². The highest BCUT2D eigenvalue weighted by Gasteiger charge is 2.08. The summed E-state index contributed by atoms with van der Waals surface area (Å²) >= 11 is 0. The zero-order valence-electron chi connectivity index (χ0n) is 16.0. The summed E-state index contributed by atoms with van der Waals surface area (Å²) in [6, 6.07) is 13.3. The minimum atomic E-state index is -3.36. The molecular formula is C19H24N4O4S. The first kappa shape index (κ1) is 21.2. The Morgan fingerprint density at radius 3 is 1.64 bits per heavy atom. The summed E-state index contributed by atoms with van der Waals surface area (Å²) in [6.07, 6.45) is 1.05. The van der Waals surface area contributed by atoms with Crippen LogP contribution in [0.2, 0.25) is 0 Å². The summed E-state index contributed by atoms with van der Waals surface area (Å²) in [5, 5.41) is 5.44. The van der Waals surface area contributed by atoms with Crippen molar-refractivity contribution in [3.8, 4) is 0 Å². The van der Waals surface area contributed by atoms with Gasteiger partial charge in [0.2, 0.25) is 10.0 Å². The Bertz CT molecular complexity index is 923. The number of amides is 2. The highest BCUT2D eigenvalue weighted by Crippen LogP contribution is 2.12. The lowest BCUT2D eigenvalue weighted by Crippen LogP contribution is -2.34. The van der Waals surface area contributed by atoms with Crippen molar-refractivity contribution in [2.24, 2.45) is 0 Å². The third-order valence-electron chi connectivity index (χ3n) is 3.79. The molecule has 28 heavy (non-hydrogen) atoms. The second-order valence-corrected chi connectivity index (χ2v) is 8.15. The Balaban J connectivity index is 1.78. The summed E-state index contributed by atoms with van der Waals surface area (Å²) in [5.41, 5.74) is 2.32. The molecule has 0 saturated carbocycles. The molecule has 0 saturated heterocycles. The highest BCUT2D eigenvalue weighted by atomic mass is 32.2. The summed E-state index contributed by atoms with van der Waals surface area (Å²) in [5.74, 6) is -0.522. The molecule has 150 valence electrons. The molecule has 2 aromatic carbocycles. The van der Waals surface area contributed by atoms with Crippen LogP contribution in [-0.4, -0.2) is 53.7 Å². The number of sulfonamides is 1. The maximum Gasteiger partial charge on any atom is 0.251 e. The van der Waals surface area contributed by atoms with E-state index in [0.29, 0.717) is 16.8 Å². The lowest BCUT2D eigenvalue weighted by atomic mass is 10.2. The quantitative estimate of drug-likeness (QED) is 0.575. The number of carbonyl (C=O) groups is 2. The summed E-state index contributed by atoms with van der Waals surface area (Å²) in [7, 11) is 0.489. The van der Waals surface area contributed by atoms with Crippen LogP contribution < -0.4 is 20.3 Å². The van der Waals surface area contributed by atoms with E-state index in [1.54, 1.807) is 12.1 Å². The molecule has 0 atom stereocenters. The van der Waals surface area contributed by atoms with Crippen molar-refractivity contribution < 1.29 is 18.0 Å². The number of benzene rings is 2. The molecule has 0 unspecified atom stereocenters. The van der Waals surface area contributed by atoms with E-state index in [1.165, 1.54) is 24.3 Å². The lowest BCUT2D eigenvalue weighted by Gasteiger charge is -2.12. The van der Waals surface area contributed by atoms with Gasteiger partial charge in [0.25, 0.3) is 11.8 Å². The van der Waals surface area contributed by atoms with E-state index < -0.39 is 10.0 Å². The first-order chi connectivity index (χ1) is 13.2. The Morgan fingerprint density at radius 1 is 0.821 bits per heavy atom. The molecule has 9 heteroatoms. The van der Waals surface area contributed by atoms with Gasteiger partial charge >= 0.3 is 0 Å². The molecule has 0 aromatic heterocycles. The number of carbonyl (C=O) groups excluding carboxylic acids is 2. The van der Waals surface area contributed by atoms with Crippen molar-refractivity contribution in [3.05, 3.63) is 59.7 Å². The molecule has 2 aromatic rings. The third kappa shape index (κ3) is 6.58. The fourth-order valence-electron chi connectivity index (χ4n) is 2.37. The van der Waals surface area contributed by atoms with E-state index in [2.05, 4.69) is 15.4 Å². The molecule has 0 aliphatic carbocycles. The van der Waals surface area contributed by atoms with Gasteiger partial charge in [0.05, 0.1) is 6.26 Å². The Morgan fingerprint density at radius 2 is 1.25 bits per heavy atom. The standard InChI is InChI=1S/C19H24N4O4S/c1-23(2)17-10-6-15(7-11-17)19(25)21-13-12-20-18(24)14-4-8-16(9-5-14)22-28(3,26)27/h4-11,22H,12-13H2,1-3H3,(H,20,24)(H,21,25). The van der Waals surface area contributed by atoms with Crippen LogP contribution in [0.3, 0.4) is 0 Å². The molecule has 2 rings (SSSR count). The van der Waals surface area contributed by atoms with Gasteiger partial charge in [0, 0.05) is 49.7 Å². The van der Waals surface area contributed by atoms with Gasteiger partial charge in [0.15, 0.2) is 0 Å². The van der Waals surface area contributed by atoms with Crippen molar-refractivity contribution in [2.75, 3.05) is 43.1 Å². The van der Waals surface area contributed by atoms with E-state index in [-0.39, 0.29) is 24.9 Å². The van der Waals surface area contributed by atoms with Crippen LogP contribution in [-0.2, 0) is 10.0 Å². The van der Waals surface area contributed by atoms with E-state index in [1.807, 2.05) is 31.1 Å². The second kappa shape index (κ2) is 9.23. The summed E-state index contributed by atoms with van der Waals surface area (Å²) < 4.78 is 24.7. The average Bonchev–Trinajstić information content (AvgIpc) is 2.64. The van der Waals surface area contributed by atoms with Gasteiger partial charge in [-0.25, -0.2) is 8.42 Å². The molecule has 0 radical (unpaired) electrons. The largest absolute Gasteiger partial charge is 0.378 e. The second-order valence-electron chi connectivity index (χ2n) is 6.40. The number of nitrogens with zero attached hydrogens (tertiary/aromatic N) is 1. The van der Waals surface area contributed by atoms with Crippen LogP contribution in [0.25, 0.3) is 0 Å².